The van der Waals surface area contributed by atoms with Crippen LogP contribution in [0.3, 0.4) is 0 Å². The normalized spacial score (nSPS) is 24.5. The summed E-state index contributed by atoms with van der Waals surface area (Å²) in [6, 6.07) is -0.967. The highest BCUT2D eigenvalue weighted by atomic mass is 16.7. The molecule has 1 amide bonds. The van der Waals surface area contributed by atoms with E-state index in [9.17, 15) is 45.6 Å². The summed E-state index contributed by atoms with van der Waals surface area (Å²) in [5.41, 5.74) is 0. The molecule has 474 valence electrons. The maximum atomic E-state index is 13.2. The van der Waals surface area contributed by atoms with E-state index in [1.54, 1.807) is 6.08 Å². The standard InChI is InChI=1S/C68H119NO13/c1-3-5-7-9-11-13-15-17-19-21-22-23-24-25-26-27-28-29-30-31-32-33-34-36-37-39-41-43-45-47-49-51-57(72)56(69-60(73)52-50-48-46-44-42-40-38-35-20-18-16-14-12-10-8-6-4-2)55-79-67-65(78)63(76)66(59(54-71)81-67)82-68-64(77)62(75)61(74)58(53-70)80-68/h6,8,12,14,18,20,38,40-41,43-44,46,49,51,56-59,61-68,70-72,74-78H,3-5,7,9-11,13,15-17,19,21-37,39,42,45,47-48,50,52-55H2,1-2H3,(H,69,73)/b8-6-,14-12-,20-18-,40-38-,43-41+,46-44-,51-49+. The van der Waals surface area contributed by atoms with Gasteiger partial charge in [-0.3, -0.25) is 4.79 Å². The molecule has 0 aromatic heterocycles. The topological polar surface area (TPSA) is 228 Å². The molecule has 2 rings (SSSR count). The van der Waals surface area contributed by atoms with Gasteiger partial charge in [-0.2, -0.15) is 0 Å². The third-order valence-corrected chi connectivity index (χ3v) is 15.6. The van der Waals surface area contributed by atoms with E-state index in [4.69, 9.17) is 18.9 Å². The van der Waals surface area contributed by atoms with E-state index in [1.165, 1.54) is 161 Å². The second kappa shape index (κ2) is 52.5. The van der Waals surface area contributed by atoms with E-state index in [0.717, 1.165) is 44.9 Å². The molecule has 82 heavy (non-hydrogen) atoms. The van der Waals surface area contributed by atoms with Gasteiger partial charge in [-0.05, 0) is 70.6 Å². The summed E-state index contributed by atoms with van der Waals surface area (Å²) < 4.78 is 22.7. The molecule has 12 unspecified atom stereocenters. The number of allylic oxidation sites excluding steroid dienone is 13. The fourth-order valence-electron chi connectivity index (χ4n) is 10.3. The predicted octanol–water partition coefficient (Wildman–Crippen LogP) is 12.4. The number of hydrogen-bond acceptors (Lipinski definition) is 13. The molecule has 0 aromatic carbocycles. The Hall–Kier alpha value is -2.83. The van der Waals surface area contributed by atoms with Crippen LogP contribution in [-0.4, -0.2) is 140 Å². The molecule has 0 spiro atoms. The number of carbonyl (C=O) groups is 1. The summed E-state index contributed by atoms with van der Waals surface area (Å²) in [6.07, 6.45) is 55.2. The third kappa shape index (κ3) is 36.9. The van der Waals surface area contributed by atoms with Crippen molar-refractivity contribution in [1.82, 2.24) is 5.32 Å². The van der Waals surface area contributed by atoms with Gasteiger partial charge in [-0.25, -0.2) is 0 Å². The minimum absolute atomic E-state index is 0.191. The quantitative estimate of drug-likeness (QED) is 0.0204. The highest BCUT2D eigenvalue weighted by molar-refractivity contribution is 5.76. The first-order valence-electron chi connectivity index (χ1n) is 32.8. The molecule has 0 saturated carbocycles. The minimum Gasteiger partial charge on any atom is -0.394 e. The Bertz CT molecular complexity index is 1700. The Kier molecular flexibility index (Phi) is 48.2. The lowest BCUT2D eigenvalue weighted by molar-refractivity contribution is -0.359. The maximum absolute atomic E-state index is 13.2. The van der Waals surface area contributed by atoms with E-state index in [0.29, 0.717) is 19.3 Å². The first kappa shape index (κ1) is 75.3. The number of carbonyl (C=O) groups excluding carboxylic acids is 1. The van der Waals surface area contributed by atoms with Crippen molar-refractivity contribution in [2.75, 3.05) is 19.8 Å². The Morgan fingerprint density at radius 1 is 0.451 bits per heavy atom. The van der Waals surface area contributed by atoms with Crippen LogP contribution < -0.4 is 5.32 Å². The number of unbranched alkanes of at least 4 members (excludes halogenated alkanes) is 27. The van der Waals surface area contributed by atoms with Crippen LogP contribution in [0.15, 0.2) is 85.1 Å². The van der Waals surface area contributed by atoms with E-state index >= 15 is 0 Å². The van der Waals surface area contributed by atoms with Crippen molar-refractivity contribution in [3.63, 3.8) is 0 Å². The molecule has 0 radical (unpaired) electrons. The number of aliphatic hydroxyl groups excluding tert-OH is 8. The molecule has 0 aliphatic carbocycles. The molecule has 0 bridgehead atoms. The first-order chi connectivity index (χ1) is 40.1. The number of rotatable bonds is 52. The minimum atomic E-state index is -1.80. The smallest absolute Gasteiger partial charge is 0.220 e. The highest BCUT2D eigenvalue weighted by Crippen LogP contribution is 2.30. The zero-order valence-electron chi connectivity index (χ0n) is 51.2. The van der Waals surface area contributed by atoms with E-state index in [2.05, 4.69) is 86.0 Å². The van der Waals surface area contributed by atoms with Gasteiger partial charge in [0.25, 0.3) is 0 Å². The summed E-state index contributed by atoms with van der Waals surface area (Å²) in [6.45, 7) is 2.64. The molecular formula is C68H119NO13. The largest absolute Gasteiger partial charge is 0.394 e. The van der Waals surface area contributed by atoms with Crippen LogP contribution in [0.1, 0.15) is 245 Å². The van der Waals surface area contributed by atoms with Gasteiger partial charge in [0.05, 0.1) is 32.0 Å². The van der Waals surface area contributed by atoms with E-state index in [-0.39, 0.29) is 18.9 Å². The van der Waals surface area contributed by atoms with Crippen molar-refractivity contribution in [1.29, 1.82) is 0 Å². The van der Waals surface area contributed by atoms with Crippen LogP contribution in [0.5, 0.6) is 0 Å². The SMILES string of the molecule is CC/C=C\C/C=C\C/C=C\C/C=C\C/C=C\CCCC(=O)NC(COC1OC(CO)C(OC2OC(CO)C(O)C(O)C2O)C(O)C1O)C(O)/C=C/CC/C=C/CCCCCCCCCCCCCCCCCCCCCCCCCCC. The average molecular weight is 1160 g/mol. The van der Waals surface area contributed by atoms with Crippen LogP contribution in [0, 0.1) is 0 Å². The van der Waals surface area contributed by atoms with Crippen molar-refractivity contribution in [3.05, 3.63) is 85.1 Å². The summed E-state index contributed by atoms with van der Waals surface area (Å²) in [5.74, 6) is -0.307. The van der Waals surface area contributed by atoms with E-state index in [1.807, 2.05) is 12.2 Å². The zero-order chi connectivity index (χ0) is 59.5. The summed E-state index contributed by atoms with van der Waals surface area (Å²) >= 11 is 0. The van der Waals surface area contributed by atoms with Gasteiger partial charge < -0.3 is 65.1 Å². The molecule has 2 aliphatic heterocycles. The van der Waals surface area contributed by atoms with Gasteiger partial charge in [0, 0.05) is 6.42 Å². The van der Waals surface area contributed by atoms with Gasteiger partial charge in [0.15, 0.2) is 12.6 Å². The Balaban J connectivity index is 1.72. The molecule has 2 heterocycles. The van der Waals surface area contributed by atoms with Gasteiger partial charge >= 0.3 is 0 Å². The van der Waals surface area contributed by atoms with Crippen LogP contribution in [0.2, 0.25) is 0 Å². The second-order valence-electron chi connectivity index (χ2n) is 22.9. The maximum Gasteiger partial charge on any atom is 0.220 e. The lowest BCUT2D eigenvalue weighted by Crippen LogP contribution is -2.65. The van der Waals surface area contributed by atoms with Crippen molar-refractivity contribution < 1.29 is 64.6 Å². The molecule has 12 atom stereocenters. The fraction of sp³-hybridized carbons (Fsp3) is 0.779. The zero-order valence-corrected chi connectivity index (χ0v) is 51.2. The summed E-state index contributed by atoms with van der Waals surface area (Å²) in [5, 5.41) is 87.1. The first-order valence-corrected chi connectivity index (χ1v) is 32.8. The molecule has 14 nitrogen and oxygen atoms in total. The molecular weight excluding hydrogens is 1040 g/mol. The van der Waals surface area contributed by atoms with Gasteiger partial charge in [-0.1, -0.05) is 253 Å². The van der Waals surface area contributed by atoms with Crippen molar-refractivity contribution in [2.45, 2.75) is 319 Å². The second-order valence-corrected chi connectivity index (χ2v) is 22.9. The number of ether oxygens (including phenoxy) is 4. The van der Waals surface area contributed by atoms with Crippen LogP contribution in [0.4, 0.5) is 0 Å². The predicted molar refractivity (Wildman–Crippen MR) is 332 cm³/mol. The highest BCUT2D eigenvalue weighted by Gasteiger charge is 2.51. The molecule has 2 fully saturated rings. The molecule has 14 heteroatoms. The summed E-state index contributed by atoms with van der Waals surface area (Å²) in [7, 11) is 0. The number of amides is 1. The van der Waals surface area contributed by atoms with Crippen LogP contribution >= 0.6 is 0 Å². The lowest BCUT2D eigenvalue weighted by Gasteiger charge is -2.46. The molecule has 2 saturated heterocycles. The Labute approximate surface area is 497 Å². The molecule has 2 aliphatic rings. The number of hydrogen-bond donors (Lipinski definition) is 9. The van der Waals surface area contributed by atoms with Crippen LogP contribution in [-0.2, 0) is 23.7 Å². The Morgan fingerprint density at radius 3 is 1.34 bits per heavy atom. The number of aliphatic hydroxyl groups is 8. The molecule has 0 aromatic rings. The molecule has 9 N–H and O–H groups in total. The van der Waals surface area contributed by atoms with Gasteiger partial charge in [0.2, 0.25) is 5.91 Å². The lowest BCUT2D eigenvalue weighted by atomic mass is 9.97. The average Bonchev–Trinajstić information content (AvgIpc) is 3.49. The van der Waals surface area contributed by atoms with Gasteiger partial charge in [-0.15, -0.1) is 0 Å². The van der Waals surface area contributed by atoms with Crippen molar-refractivity contribution in [2.24, 2.45) is 0 Å². The fourth-order valence-corrected chi connectivity index (χ4v) is 10.3. The van der Waals surface area contributed by atoms with Crippen molar-refractivity contribution in [3.8, 4) is 0 Å². The Morgan fingerprint density at radius 2 is 0.854 bits per heavy atom. The number of nitrogens with one attached hydrogen (secondary N) is 1. The monoisotopic (exact) mass is 1160 g/mol. The van der Waals surface area contributed by atoms with Crippen molar-refractivity contribution >= 4 is 5.91 Å². The third-order valence-electron chi connectivity index (χ3n) is 15.6. The van der Waals surface area contributed by atoms with Crippen LogP contribution in [0.25, 0.3) is 0 Å². The summed E-state index contributed by atoms with van der Waals surface area (Å²) in [4.78, 5) is 13.2. The van der Waals surface area contributed by atoms with E-state index < -0.39 is 86.8 Å². The van der Waals surface area contributed by atoms with Gasteiger partial charge in [0.1, 0.15) is 48.8 Å².